The Morgan fingerprint density at radius 1 is 1.15 bits per heavy atom. The number of alkyl halides is 3. The van der Waals surface area contributed by atoms with E-state index in [0.29, 0.717) is 6.04 Å². The molecule has 0 spiro atoms. The number of aromatic nitrogens is 2. The molecule has 0 saturated carbocycles. The Morgan fingerprint density at radius 2 is 1.85 bits per heavy atom. The first-order valence-electron chi connectivity index (χ1n) is 10.5. The SMILES string of the molecule is COc1cn(-c2cccc(C(F)(F)F)c2)nc1C(=O)NCc1ccccc1CN(C)C(C)C. The monoisotopic (exact) mass is 460 g/mol. The summed E-state index contributed by atoms with van der Waals surface area (Å²) in [4.78, 5) is 15.0. The lowest BCUT2D eigenvalue weighted by atomic mass is 10.1. The molecule has 1 aromatic heterocycles. The van der Waals surface area contributed by atoms with Crippen molar-refractivity contribution in [1.82, 2.24) is 20.0 Å². The Bertz CT molecular complexity index is 1110. The Balaban J connectivity index is 1.79. The van der Waals surface area contributed by atoms with E-state index >= 15 is 0 Å². The molecular formula is C24H27F3N4O2. The summed E-state index contributed by atoms with van der Waals surface area (Å²) in [7, 11) is 3.41. The zero-order valence-corrected chi connectivity index (χ0v) is 19.0. The van der Waals surface area contributed by atoms with E-state index in [4.69, 9.17) is 4.74 Å². The fourth-order valence-electron chi connectivity index (χ4n) is 3.22. The van der Waals surface area contributed by atoms with Gasteiger partial charge in [0.05, 0.1) is 24.6 Å². The van der Waals surface area contributed by atoms with Crippen LogP contribution in [0.25, 0.3) is 5.69 Å². The second kappa shape index (κ2) is 10.1. The predicted octanol–water partition coefficient (Wildman–Crippen LogP) is 4.67. The number of ether oxygens (including phenoxy) is 1. The fourth-order valence-corrected chi connectivity index (χ4v) is 3.22. The summed E-state index contributed by atoms with van der Waals surface area (Å²) in [5, 5.41) is 7.02. The molecule has 2 aromatic carbocycles. The van der Waals surface area contributed by atoms with Crippen LogP contribution in [0.5, 0.6) is 5.75 Å². The van der Waals surface area contributed by atoms with Gasteiger partial charge in [-0.2, -0.15) is 18.3 Å². The summed E-state index contributed by atoms with van der Waals surface area (Å²) in [6, 6.07) is 12.9. The topological polar surface area (TPSA) is 59.4 Å². The van der Waals surface area contributed by atoms with Crippen molar-refractivity contribution in [1.29, 1.82) is 0 Å². The number of halogens is 3. The summed E-state index contributed by atoms with van der Waals surface area (Å²) < 4.78 is 45.6. The van der Waals surface area contributed by atoms with Crippen molar-refractivity contribution >= 4 is 5.91 Å². The van der Waals surface area contributed by atoms with Gasteiger partial charge in [0.25, 0.3) is 5.91 Å². The number of carbonyl (C=O) groups excluding carboxylic acids is 1. The van der Waals surface area contributed by atoms with E-state index in [0.717, 1.165) is 29.8 Å². The number of amides is 1. The number of rotatable bonds is 8. The van der Waals surface area contributed by atoms with Gasteiger partial charge in [-0.1, -0.05) is 30.3 Å². The molecule has 0 atom stereocenters. The highest BCUT2D eigenvalue weighted by Gasteiger charge is 2.30. The number of hydrogen-bond donors (Lipinski definition) is 1. The highest BCUT2D eigenvalue weighted by molar-refractivity contribution is 5.94. The van der Waals surface area contributed by atoms with Crippen molar-refractivity contribution < 1.29 is 22.7 Å². The second-order valence-electron chi connectivity index (χ2n) is 8.00. The minimum atomic E-state index is -4.48. The molecule has 0 aliphatic carbocycles. The molecule has 0 bridgehead atoms. The van der Waals surface area contributed by atoms with Gasteiger partial charge in [0.15, 0.2) is 11.4 Å². The minimum absolute atomic E-state index is 0.00769. The first-order chi connectivity index (χ1) is 15.6. The van der Waals surface area contributed by atoms with E-state index in [9.17, 15) is 18.0 Å². The zero-order valence-electron chi connectivity index (χ0n) is 19.0. The van der Waals surface area contributed by atoms with Gasteiger partial charge >= 0.3 is 6.18 Å². The third kappa shape index (κ3) is 5.92. The molecule has 6 nitrogen and oxygen atoms in total. The predicted molar refractivity (Wildman–Crippen MR) is 119 cm³/mol. The van der Waals surface area contributed by atoms with E-state index in [1.807, 2.05) is 31.3 Å². The van der Waals surface area contributed by atoms with Crippen LogP contribution in [0, 0.1) is 0 Å². The molecule has 1 N–H and O–H groups in total. The third-order valence-corrected chi connectivity index (χ3v) is 5.41. The Kier molecular flexibility index (Phi) is 7.43. The van der Waals surface area contributed by atoms with Crippen LogP contribution in [0.2, 0.25) is 0 Å². The lowest BCUT2D eigenvalue weighted by Crippen LogP contribution is -2.28. The molecule has 0 radical (unpaired) electrons. The molecule has 3 aromatic rings. The number of nitrogens with zero attached hydrogens (tertiary/aromatic N) is 3. The van der Waals surface area contributed by atoms with E-state index in [2.05, 4.69) is 29.2 Å². The normalized spacial score (nSPS) is 11.8. The van der Waals surface area contributed by atoms with Crippen LogP contribution in [0.3, 0.4) is 0 Å². The van der Waals surface area contributed by atoms with Crippen molar-refractivity contribution in [3.05, 3.63) is 77.1 Å². The fraction of sp³-hybridized carbons (Fsp3) is 0.333. The smallest absolute Gasteiger partial charge is 0.416 e. The number of methoxy groups -OCH3 is 1. The van der Waals surface area contributed by atoms with Gasteiger partial charge in [0.1, 0.15) is 0 Å². The first kappa shape index (κ1) is 24.3. The molecule has 1 amide bonds. The van der Waals surface area contributed by atoms with Crippen molar-refractivity contribution in [3.63, 3.8) is 0 Å². The van der Waals surface area contributed by atoms with E-state index in [1.165, 1.54) is 30.1 Å². The summed E-state index contributed by atoms with van der Waals surface area (Å²) in [5.41, 5.74) is 1.42. The Hall–Kier alpha value is -3.33. The minimum Gasteiger partial charge on any atom is -0.493 e. The second-order valence-corrected chi connectivity index (χ2v) is 8.00. The number of benzene rings is 2. The molecule has 0 fully saturated rings. The van der Waals surface area contributed by atoms with Gasteiger partial charge in [-0.15, -0.1) is 0 Å². The maximum absolute atomic E-state index is 13.1. The highest BCUT2D eigenvalue weighted by Crippen LogP contribution is 2.30. The summed E-state index contributed by atoms with van der Waals surface area (Å²) >= 11 is 0. The van der Waals surface area contributed by atoms with E-state index in [1.54, 1.807) is 0 Å². The van der Waals surface area contributed by atoms with Gasteiger partial charge < -0.3 is 10.1 Å². The van der Waals surface area contributed by atoms with Crippen LogP contribution < -0.4 is 10.1 Å². The Labute approximate surface area is 191 Å². The van der Waals surface area contributed by atoms with Crippen LogP contribution >= 0.6 is 0 Å². The van der Waals surface area contributed by atoms with Crippen molar-refractivity contribution in [2.45, 2.75) is 39.2 Å². The van der Waals surface area contributed by atoms with Gasteiger partial charge in [0, 0.05) is 19.1 Å². The molecule has 0 saturated heterocycles. The molecule has 0 aliphatic heterocycles. The van der Waals surface area contributed by atoms with Gasteiger partial charge in [-0.05, 0) is 50.2 Å². The highest BCUT2D eigenvalue weighted by atomic mass is 19.4. The molecule has 0 aliphatic rings. The van der Waals surface area contributed by atoms with Crippen molar-refractivity contribution in [2.75, 3.05) is 14.2 Å². The van der Waals surface area contributed by atoms with E-state index < -0.39 is 17.6 Å². The summed E-state index contributed by atoms with van der Waals surface area (Å²) in [5.74, 6) is -0.317. The van der Waals surface area contributed by atoms with Gasteiger partial charge in [0.2, 0.25) is 0 Å². The average molecular weight is 461 g/mol. The molecule has 33 heavy (non-hydrogen) atoms. The summed E-state index contributed by atoms with van der Waals surface area (Å²) in [6.45, 7) is 5.23. The largest absolute Gasteiger partial charge is 0.493 e. The number of carbonyl (C=O) groups is 1. The van der Waals surface area contributed by atoms with Crippen LogP contribution in [-0.2, 0) is 19.3 Å². The molecule has 176 valence electrons. The number of nitrogens with one attached hydrogen (secondary N) is 1. The zero-order chi connectivity index (χ0) is 24.2. The first-order valence-corrected chi connectivity index (χ1v) is 10.5. The Morgan fingerprint density at radius 3 is 2.48 bits per heavy atom. The average Bonchev–Trinajstić information content (AvgIpc) is 3.22. The van der Waals surface area contributed by atoms with E-state index in [-0.39, 0.29) is 23.7 Å². The van der Waals surface area contributed by atoms with Crippen LogP contribution in [0.15, 0.2) is 54.7 Å². The van der Waals surface area contributed by atoms with Crippen LogP contribution in [-0.4, -0.2) is 40.8 Å². The van der Waals surface area contributed by atoms with Crippen LogP contribution in [0.1, 0.15) is 41.0 Å². The third-order valence-electron chi connectivity index (χ3n) is 5.41. The maximum atomic E-state index is 13.1. The number of hydrogen-bond acceptors (Lipinski definition) is 4. The molecule has 9 heteroatoms. The molecule has 1 heterocycles. The molecule has 3 rings (SSSR count). The maximum Gasteiger partial charge on any atom is 0.416 e. The van der Waals surface area contributed by atoms with Crippen molar-refractivity contribution in [2.24, 2.45) is 0 Å². The molecular weight excluding hydrogens is 433 g/mol. The summed E-state index contributed by atoms with van der Waals surface area (Å²) in [6.07, 6.45) is -3.10. The quantitative estimate of drug-likeness (QED) is 0.531. The van der Waals surface area contributed by atoms with Gasteiger partial charge in [-0.25, -0.2) is 4.68 Å². The van der Waals surface area contributed by atoms with Crippen molar-refractivity contribution in [3.8, 4) is 11.4 Å². The lowest BCUT2D eigenvalue weighted by Gasteiger charge is -2.22. The van der Waals surface area contributed by atoms with Crippen LogP contribution in [0.4, 0.5) is 13.2 Å². The lowest BCUT2D eigenvalue weighted by molar-refractivity contribution is -0.137. The van der Waals surface area contributed by atoms with Gasteiger partial charge in [-0.3, -0.25) is 9.69 Å². The standard InChI is InChI=1S/C24H27F3N4O2/c1-16(2)30(3)14-18-9-6-5-8-17(18)13-28-23(32)22-21(33-4)15-31(29-22)20-11-7-10-19(12-20)24(25,26)27/h5-12,15-16H,13-14H2,1-4H3,(H,28,32). The molecule has 0 unspecified atom stereocenters.